The van der Waals surface area contributed by atoms with E-state index in [1.165, 1.54) is 12.0 Å². The number of methoxy groups -OCH3 is 1. The molecule has 0 saturated heterocycles. The summed E-state index contributed by atoms with van der Waals surface area (Å²) in [6.07, 6.45) is 2.19. The van der Waals surface area contributed by atoms with Crippen molar-refractivity contribution in [2.24, 2.45) is 0 Å². The minimum atomic E-state index is -0.445. The molecule has 2 aromatic heterocycles. The Morgan fingerprint density at radius 3 is 2.95 bits per heavy atom. The van der Waals surface area contributed by atoms with Crippen LogP contribution in [0.2, 0.25) is 0 Å². The van der Waals surface area contributed by atoms with Crippen molar-refractivity contribution in [2.45, 2.75) is 32.4 Å². The van der Waals surface area contributed by atoms with Gasteiger partial charge in [-0.1, -0.05) is 19.4 Å². The molecule has 0 aliphatic heterocycles. The predicted octanol–water partition coefficient (Wildman–Crippen LogP) is 3.76. The van der Waals surface area contributed by atoms with Crippen LogP contribution in [0.15, 0.2) is 34.1 Å². The molecular formula is C15H19NO3S. The summed E-state index contributed by atoms with van der Waals surface area (Å²) in [7, 11) is 1.34. The molecule has 0 amide bonds. The molecule has 2 heterocycles. The van der Waals surface area contributed by atoms with Crippen LogP contribution in [0.5, 0.6) is 0 Å². The van der Waals surface area contributed by atoms with Crippen molar-refractivity contribution >= 4 is 17.3 Å². The smallest absolute Gasteiger partial charge is 0.373 e. The number of carbonyl (C=O) groups is 1. The summed E-state index contributed by atoms with van der Waals surface area (Å²) < 4.78 is 10.1. The maximum absolute atomic E-state index is 11.3. The molecule has 1 unspecified atom stereocenters. The molecule has 1 N–H and O–H groups in total. The van der Waals surface area contributed by atoms with Gasteiger partial charge < -0.3 is 14.5 Å². The molecule has 4 nitrogen and oxygen atoms in total. The van der Waals surface area contributed by atoms with Crippen LogP contribution < -0.4 is 5.32 Å². The number of thiophene rings is 1. The SMILES string of the molecule is CCCC(NCc1ccc(C(=O)OC)o1)c1cccs1. The minimum absolute atomic E-state index is 0.243. The fourth-order valence-electron chi connectivity index (χ4n) is 2.03. The molecule has 20 heavy (non-hydrogen) atoms. The van der Waals surface area contributed by atoms with Crippen molar-refractivity contribution in [3.63, 3.8) is 0 Å². The van der Waals surface area contributed by atoms with Gasteiger partial charge in [0.25, 0.3) is 0 Å². The lowest BCUT2D eigenvalue weighted by atomic mass is 10.1. The van der Waals surface area contributed by atoms with Crippen LogP contribution in [-0.2, 0) is 11.3 Å². The molecule has 0 aliphatic carbocycles. The van der Waals surface area contributed by atoms with Crippen LogP contribution in [0, 0.1) is 0 Å². The maximum Gasteiger partial charge on any atom is 0.373 e. The van der Waals surface area contributed by atoms with E-state index < -0.39 is 5.97 Å². The molecule has 0 aromatic carbocycles. The molecule has 0 fully saturated rings. The number of carbonyl (C=O) groups excluding carboxylic acids is 1. The standard InChI is InChI=1S/C15H19NO3S/c1-3-5-12(14-6-4-9-20-14)16-10-11-7-8-13(19-11)15(17)18-2/h4,6-9,12,16H,3,5,10H2,1-2H3. The molecule has 2 aromatic rings. The van der Waals surface area contributed by atoms with E-state index in [9.17, 15) is 4.79 Å². The van der Waals surface area contributed by atoms with Crippen LogP contribution in [0.4, 0.5) is 0 Å². The van der Waals surface area contributed by atoms with Gasteiger partial charge in [-0.2, -0.15) is 0 Å². The Morgan fingerprint density at radius 2 is 2.30 bits per heavy atom. The molecule has 0 bridgehead atoms. The fourth-order valence-corrected chi connectivity index (χ4v) is 2.87. The van der Waals surface area contributed by atoms with Crippen LogP contribution >= 0.6 is 11.3 Å². The van der Waals surface area contributed by atoms with Crippen LogP contribution in [0.1, 0.15) is 47.0 Å². The lowest BCUT2D eigenvalue weighted by molar-refractivity contribution is 0.0563. The van der Waals surface area contributed by atoms with Gasteiger partial charge in [-0.05, 0) is 30.0 Å². The highest BCUT2D eigenvalue weighted by atomic mass is 32.1. The van der Waals surface area contributed by atoms with Crippen LogP contribution in [0.25, 0.3) is 0 Å². The van der Waals surface area contributed by atoms with Gasteiger partial charge in [0.15, 0.2) is 0 Å². The molecule has 108 valence electrons. The summed E-state index contributed by atoms with van der Waals surface area (Å²) >= 11 is 1.75. The lowest BCUT2D eigenvalue weighted by Crippen LogP contribution is -2.19. The van der Waals surface area contributed by atoms with Crippen LogP contribution in [-0.4, -0.2) is 13.1 Å². The normalized spacial score (nSPS) is 12.3. The van der Waals surface area contributed by atoms with Gasteiger partial charge in [-0.3, -0.25) is 0 Å². The lowest BCUT2D eigenvalue weighted by Gasteiger charge is -2.15. The molecular weight excluding hydrogens is 274 g/mol. The zero-order valence-electron chi connectivity index (χ0n) is 11.7. The molecule has 0 radical (unpaired) electrons. The van der Waals surface area contributed by atoms with Gasteiger partial charge in [0.2, 0.25) is 5.76 Å². The van der Waals surface area contributed by atoms with E-state index in [1.807, 2.05) is 0 Å². The van der Waals surface area contributed by atoms with Crippen molar-refractivity contribution in [3.8, 4) is 0 Å². The van der Waals surface area contributed by atoms with E-state index in [2.05, 4.69) is 34.5 Å². The van der Waals surface area contributed by atoms with Crippen molar-refractivity contribution < 1.29 is 13.9 Å². The van der Waals surface area contributed by atoms with Gasteiger partial charge in [0.05, 0.1) is 13.7 Å². The van der Waals surface area contributed by atoms with E-state index in [-0.39, 0.29) is 5.76 Å². The Balaban J connectivity index is 1.95. The average molecular weight is 293 g/mol. The Kier molecular flexibility index (Phi) is 5.38. The number of esters is 1. The Bertz CT molecular complexity index is 533. The first kappa shape index (κ1) is 14.8. The third-order valence-electron chi connectivity index (χ3n) is 3.03. The Labute approximate surface area is 122 Å². The first-order valence-electron chi connectivity index (χ1n) is 6.68. The number of hydrogen-bond acceptors (Lipinski definition) is 5. The second-order valence-corrected chi connectivity index (χ2v) is 5.47. The van der Waals surface area contributed by atoms with E-state index in [0.717, 1.165) is 18.6 Å². The third kappa shape index (κ3) is 3.71. The number of furan rings is 1. The zero-order valence-corrected chi connectivity index (χ0v) is 12.5. The topological polar surface area (TPSA) is 51.5 Å². The van der Waals surface area contributed by atoms with E-state index in [0.29, 0.717) is 12.6 Å². The van der Waals surface area contributed by atoms with E-state index >= 15 is 0 Å². The van der Waals surface area contributed by atoms with Crippen molar-refractivity contribution in [2.75, 3.05) is 7.11 Å². The molecule has 0 aliphatic rings. The van der Waals surface area contributed by atoms with Gasteiger partial charge >= 0.3 is 5.97 Å². The first-order valence-corrected chi connectivity index (χ1v) is 7.56. The minimum Gasteiger partial charge on any atom is -0.463 e. The monoisotopic (exact) mass is 293 g/mol. The predicted molar refractivity (Wildman–Crippen MR) is 78.9 cm³/mol. The highest BCUT2D eigenvalue weighted by Gasteiger charge is 2.14. The van der Waals surface area contributed by atoms with Gasteiger partial charge in [-0.25, -0.2) is 4.79 Å². The first-order chi connectivity index (χ1) is 9.74. The Morgan fingerprint density at radius 1 is 1.45 bits per heavy atom. The highest BCUT2D eigenvalue weighted by molar-refractivity contribution is 7.10. The number of ether oxygens (including phenoxy) is 1. The summed E-state index contributed by atoms with van der Waals surface area (Å²) in [6.45, 7) is 2.77. The molecule has 0 saturated carbocycles. The zero-order chi connectivity index (χ0) is 14.4. The molecule has 0 spiro atoms. The van der Waals surface area contributed by atoms with Gasteiger partial charge in [0.1, 0.15) is 5.76 Å². The van der Waals surface area contributed by atoms with Crippen molar-refractivity contribution in [3.05, 3.63) is 46.0 Å². The van der Waals surface area contributed by atoms with Crippen LogP contribution in [0.3, 0.4) is 0 Å². The average Bonchev–Trinajstić information content (AvgIpc) is 3.13. The highest BCUT2D eigenvalue weighted by Crippen LogP contribution is 2.23. The number of rotatable bonds is 7. The van der Waals surface area contributed by atoms with E-state index in [4.69, 9.17) is 4.42 Å². The molecule has 2 rings (SSSR count). The summed E-state index contributed by atoms with van der Waals surface area (Å²) in [5, 5.41) is 5.56. The second kappa shape index (κ2) is 7.26. The third-order valence-corrected chi connectivity index (χ3v) is 4.02. The number of nitrogens with one attached hydrogen (secondary N) is 1. The Hall–Kier alpha value is -1.59. The number of hydrogen-bond donors (Lipinski definition) is 1. The molecule has 5 heteroatoms. The van der Waals surface area contributed by atoms with Gasteiger partial charge in [-0.15, -0.1) is 11.3 Å². The quantitative estimate of drug-likeness (QED) is 0.790. The second-order valence-electron chi connectivity index (χ2n) is 4.50. The fraction of sp³-hybridized carbons (Fsp3) is 0.400. The largest absolute Gasteiger partial charge is 0.463 e. The maximum atomic E-state index is 11.3. The summed E-state index contributed by atoms with van der Waals surface area (Å²) in [5.41, 5.74) is 0. The summed E-state index contributed by atoms with van der Waals surface area (Å²) in [6, 6.07) is 7.97. The summed E-state index contributed by atoms with van der Waals surface area (Å²) in [5.74, 6) is 0.537. The van der Waals surface area contributed by atoms with E-state index in [1.54, 1.807) is 23.5 Å². The van der Waals surface area contributed by atoms with Gasteiger partial charge in [0, 0.05) is 10.9 Å². The van der Waals surface area contributed by atoms with Crippen molar-refractivity contribution in [1.82, 2.24) is 5.32 Å². The molecule has 1 atom stereocenters. The summed E-state index contributed by atoms with van der Waals surface area (Å²) in [4.78, 5) is 12.6. The van der Waals surface area contributed by atoms with Crippen molar-refractivity contribution in [1.29, 1.82) is 0 Å².